The molecule has 0 saturated carbocycles. The molecule has 4 aromatic rings. The maximum Gasteiger partial charge on any atom is 0.321 e. The third-order valence-corrected chi connectivity index (χ3v) is 3.92. The molecule has 0 aliphatic carbocycles. The Morgan fingerprint density at radius 1 is 0.870 bits per heavy atom. The minimum Gasteiger partial charge on any atom is -0.399 e. The van der Waals surface area contributed by atoms with Gasteiger partial charge in [-0.05, 0) is 35.7 Å². The number of aromatic amines is 1. The number of nitrogens with zero attached hydrogens (tertiary/aromatic N) is 1. The number of anilines is 1. The van der Waals surface area contributed by atoms with Crippen LogP contribution in [-0.2, 0) is 0 Å². The van der Waals surface area contributed by atoms with Crippen molar-refractivity contribution in [3.8, 4) is 5.69 Å². The van der Waals surface area contributed by atoms with Gasteiger partial charge in [-0.2, -0.15) is 0 Å². The molecule has 0 saturated heterocycles. The highest BCUT2D eigenvalue weighted by Crippen LogP contribution is 2.24. The average molecular weight is 303 g/mol. The zero-order valence-corrected chi connectivity index (χ0v) is 12.1. The zero-order valence-electron chi connectivity index (χ0n) is 12.1. The molecule has 0 amide bonds. The first-order valence-corrected chi connectivity index (χ1v) is 7.18. The summed E-state index contributed by atoms with van der Waals surface area (Å²) in [6, 6.07) is 18.4. The molecule has 112 valence electrons. The molecule has 3 aromatic carbocycles. The van der Waals surface area contributed by atoms with Crippen LogP contribution < -0.4 is 16.9 Å². The molecule has 5 nitrogen and oxygen atoms in total. The Morgan fingerprint density at radius 3 is 2.39 bits per heavy atom. The van der Waals surface area contributed by atoms with Gasteiger partial charge in [0.2, 0.25) is 0 Å². The van der Waals surface area contributed by atoms with Crippen molar-refractivity contribution in [2.24, 2.45) is 0 Å². The number of aromatic nitrogens is 2. The fourth-order valence-electron chi connectivity index (χ4n) is 2.85. The first-order valence-electron chi connectivity index (χ1n) is 7.18. The van der Waals surface area contributed by atoms with E-state index in [2.05, 4.69) is 4.98 Å². The average Bonchev–Trinajstić information content (AvgIpc) is 2.57. The van der Waals surface area contributed by atoms with E-state index >= 15 is 0 Å². The number of benzene rings is 3. The number of H-pyrrole nitrogens is 1. The van der Waals surface area contributed by atoms with E-state index in [0.717, 1.165) is 10.8 Å². The molecule has 0 aliphatic rings. The fraction of sp³-hybridized carbons (Fsp3) is 0. The van der Waals surface area contributed by atoms with E-state index in [-0.39, 0.29) is 0 Å². The van der Waals surface area contributed by atoms with Gasteiger partial charge >= 0.3 is 11.1 Å². The molecule has 0 atom stereocenters. The highest BCUT2D eigenvalue weighted by Gasteiger charge is 2.12. The van der Waals surface area contributed by atoms with Gasteiger partial charge in [-0.25, -0.2) is 0 Å². The zero-order chi connectivity index (χ0) is 16.0. The standard InChI is InChI=1S/C18H13N3O2/c19-12-6-8-13(9-7-12)21-16-14-4-2-1-3-11(14)5-10-15(16)20-17(22)18(21)23/h1-10H,19H2,(H,20,22). The molecular formula is C18H13N3O2. The lowest BCUT2D eigenvalue weighted by molar-refractivity contribution is 0.991. The fourth-order valence-corrected chi connectivity index (χ4v) is 2.85. The van der Waals surface area contributed by atoms with Gasteiger partial charge in [0, 0.05) is 16.8 Å². The lowest BCUT2D eigenvalue weighted by Gasteiger charge is -2.12. The van der Waals surface area contributed by atoms with Crippen molar-refractivity contribution in [3.63, 3.8) is 0 Å². The molecule has 23 heavy (non-hydrogen) atoms. The normalized spacial score (nSPS) is 11.1. The molecule has 0 radical (unpaired) electrons. The number of hydrogen-bond acceptors (Lipinski definition) is 3. The second-order valence-corrected chi connectivity index (χ2v) is 5.37. The van der Waals surface area contributed by atoms with Crippen LogP contribution in [0.25, 0.3) is 27.5 Å². The number of hydrogen-bond donors (Lipinski definition) is 2. The van der Waals surface area contributed by atoms with Gasteiger partial charge in [0.25, 0.3) is 0 Å². The molecule has 0 fully saturated rings. The maximum atomic E-state index is 12.5. The van der Waals surface area contributed by atoms with Crippen LogP contribution in [0, 0.1) is 0 Å². The Bertz CT molecular complexity index is 1150. The van der Waals surface area contributed by atoms with E-state index in [9.17, 15) is 9.59 Å². The molecule has 0 aliphatic heterocycles. The Morgan fingerprint density at radius 2 is 1.61 bits per heavy atom. The predicted molar refractivity (Wildman–Crippen MR) is 92.1 cm³/mol. The van der Waals surface area contributed by atoms with E-state index in [0.29, 0.717) is 22.4 Å². The third-order valence-electron chi connectivity index (χ3n) is 3.92. The van der Waals surface area contributed by atoms with Crippen molar-refractivity contribution in [2.45, 2.75) is 0 Å². The van der Waals surface area contributed by atoms with Crippen LogP contribution >= 0.6 is 0 Å². The molecular weight excluding hydrogens is 290 g/mol. The van der Waals surface area contributed by atoms with E-state index in [1.54, 1.807) is 24.3 Å². The van der Waals surface area contributed by atoms with Crippen LogP contribution in [0.1, 0.15) is 0 Å². The Balaban J connectivity index is 2.26. The van der Waals surface area contributed by atoms with E-state index < -0.39 is 11.1 Å². The van der Waals surface area contributed by atoms with Crippen LogP contribution in [-0.4, -0.2) is 9.55 Å². The topological polar surface area (TPSA) is 80.9 Å². The maximum absolute atomic E-state index is 12.5. The van der Waals surface area contributed by atoms with Gasteiger partial charge in [-0.3, -0.25) is 14.2 Å². The largest absolute Gasteiger partial charge is 0.399 e. The van der Waals surface area contributed by atoms with Crippen molar-refractivity contribution < 1.29 is 0 Å². The Labute approximate surface area is 130 Å². The van der Waals surface area contributed by atoms with Gasteiger partial charge in [0.1, 0.15) is 0 Å². The van der Waals surface area contributed by atoms with Crippen molar-refractivity contribution >= 4 is 27.5 Å². The smallest absolute Gasteiger partial charge is 0.321 e. The summed E-state index contributed by atoms with van der Waals surface area (Å²) < 4.78 is 1.44. The lowest BCUT2D eigenvalue weighted by Crippen LogP contribution is -2.35. The number of fused-ring (bicyclic) bond motifs is 3. The lowest BCUT2D eigenvalue weighted by atomic mass is 10.1. The molecule has 5 heteroatoms. The second-order valence-electron chi connectivity index (χ2n) is 5.37. The summed E-state index contributed by atoms with van der Waals surface area (Å²) in [5.74, 6) is 0. The predicted octanol–water partition coefficient (Wildman–Crippen LogP) is 2.41. The molecule has 1 aromatic heterocycles. The van der Waals surface area contributed by atoms with Gasteiger partial charge in [-0.15, -0.1) is 0 Å². The monoisotopic (exact) mass is 303 g/mol. The number of nitrogens with one attached hydrogen (secondary N) is 1. The van der Waals surface area contributed by atoms with Crippen LogP contribution in [0.3, 0.4) is 0 Å². The van der Waals surface area contributed by atoms with Crippen LogP contribution in [0.5, 0.6) is 0 Å². The third kappa shape index (κ3) is 2.02. The number of nitrogen functional groups attached to an aromatic ring is 1. The van der Waals surface area contributed by atoms with Crippen LogP contribution in [0.15, 0.2) is 70.3 Å². The summed E-state index contributed by atoms with van der Waals surface area (Å²) in [4.78, 5) is 27.2. The second kappa shape index (κ2) is 4.84. The first-order chi connectivity index (χ1) is 11.1. The Kier molecular flexibility index (Phi) is 2.81. The van der Waals surface area contributed by atoms with Gasteiger partial charge < -0.3 is 10.7 Å². The Hall–Kier alpha value is -3.34. The molecule has 0 spiro atoms. The molecule has 3 N–H and O–H groups in total. The summed E-state index contributed by atoms with van der Waals surface area (Å²) in [5.41, 5.74) is 6.96. The first kappa shape index (κ1) is 13.3. The quantitative estimate of drug-likeness (QED) is 0.322. The molecule has 0 bridgehead atoms. The van der Waals surface area contributed by atoms with Gasteiger partial charge in [0.15, 0.2) is 0 Å². The van der Waals surface area contributed by atoms with Crippen molar-refractivity contribution in [3.05, 3.63) is 81.4 Å². The molecule has 1 heterocycles. The van der Waals surface area contributed by atoms with Crippen molar-refractivity contribution in [2.75, 3.05) is 5.73 Å². The summed E-state index contributed by atoms with van der Waals surface area (Å²) in [7, 11) is 0. The van der Waals surface area contributed by atoms with Crippen molar-refractivity contribution in [1.29, 1.82) is 0 Å². The van der Waals surface area contributed by atoms with Crippen LogP contribution in [0.4, 0.5) is 5.69 Å². The highest BCUT2D eigenvalue weighted by molar-refractivity contribution is 6.04. The summed E-state index contributed by atoms with van der Waals surface area (Å²) in [6.07, 6.45) is 0. The minimum atomic E-state index is -0.649. The van der Waals surface area contributed by atoms with Crippen LogP contribution in [0.2, 0.25) is 0 Å². The van der Waals surface area contributed by atoms with E-state index in [1.165, 1.54) is 4.57 Å². The molecule has 0 unspecified atom stereocenters. The van der Waals surface area contributed by atoms with E-state index in [4.69, 9.17) is 5.73 Å². The summed E-state index contributed by atoms with van der Waals surface area (Å²) in [6.45, 7) is 0. The highest BCUT2D eigenvalue weighted by atomic mass is 16.2. The molecule has 4 rings (SSSR count). The van der Waals surface area contributed by atoms with E-state index in [1.807, 2.05) is 36.4 Å². The minimum absolute atomic E-state index is 0.598. The van der Waals surface area contributed by atoms with Crippen molar-refractivity contribution in [1.82, 2.24) is 9.55 Å². The van der Waals surface area contributed by atoms with Gasteiger partial charge in [-0.1, -0.05) is 30.3 Å². The number of nitrogens with two attached hydrogens (primary N) is 1. The van der Waals surface area contributed by atoms with Gasteiger partial charge in [0.05, 0.1) is 11.0 Å². The SMILES string of the molecule is Nc1ccc(-n2c(=O)c(=O)[nH]c3ccc4ccccc4c32)cc1. The summed E-state index contributed by atoms with van der Waals surface area (Å²) in [5, 5.41) is 1.89. The summed E-state index contributed by atoms with van der Waals surface area (Å²) >= 11 is 0. The number of rotatable bonds is 1.